The van der Waals surface area contributed by atoms with Gasteiger partial charge in [0, 0.05) is 23.1 Å². The normalized spacial score (nSPS) is 18.6. The fourth-order valence-corrected chi connectivity index (χ4v) is 4.67. The van der Waals surface area contributed by atoms with Gasteiger partial charge >= 0.3 is 0 Å². The largest absolute Gasteiger partial charge is 0.280 e. The molecule has 1 unspecified atom stereocenters. The molecule has 134 valence electrons. The molecule has 0 amide bonds. The second-order valence-corrected chi connectivity index (χ2v) is 8.51. The number of nitrogens with one attached hydrogen (secondary N) is 1. The minimum Gasteiger partial charge on any atom is -0.207 e. The van der Waals surface area contributed by atoms with Crippen LogP contribution in [0, 0.1) is 11.6 Å². The maximum absolute atomic E-state index is 14.1. The van der Waals surface area contributed by atoms with Gasteiger partial charge in [0.1, 0.15) is 11.6 Å². The molecule has 1 fully saturated rings. The van der Waals surface area contributed by atoms with E-state index in [4.69, 9.17) is 0 Å². The molecule has 25 heavy (non-hydrogen) atoms. The van der Waals surface area contributed by atoms with Gasteiger partial charge in [0.2, 0.25) is 0 Å². The van der Waals surface area contributed by atoms with Crippen molar-refractivity contribution in [2.24, 2.45) is 0 Å². The highest BCUT2D eigenvalue weighted by molar-refractivity contribution is 9.10. The quantitative estimate of drug-likeness (QED) is 0.781. The molecule has 0 bridgehead atoms. The Morgan fingerprint density at radius 3 is 2.60 bits per heavy atom. The molecule has 1 atom stereocenters. The minimum absolute atomic E-state index is 0.0755. The molecule has 0 saturated carbocycles. The van der Waals surface area contributed by atoms with Gasteiger partial charge in [-0.25, -0.2) is 8.78 Å². The van der Waals surface area contributed by atoms with Crippen molar-refractivity contribution in [2.45, 2.75) is 25.4 Å². The van der Waals surface area contributed by atoms with E-state index in [1.165, 1.54) is 4.31 Å². The van der Waals surface area contributed by atoms with E-state index in [0.29, 0.717) is 12.8 Å². The number of nitrogens with zero attached hydrogens (tertiary/aromatic N) is 1. The van der Waals surface area contributed by atoms with Gasteiger partial charge < -0.3 is 0 Å². The summed E-state index contributed by atoms with van der Waals surface area (Å²) < 4.78 is 57.5. The summed E-state index contributed by atoms with van der Waals surface area (Å²) in [5.74, 6) is -1.18. The van der Waals surface area contributed by atoms with Crippen LogP contribution in [0.25, 0.3) is 0 Å². The van der Waals surface area contributed by atoms with Crippen LogP contribution < -0.4 is 4.72 Å². The molecule has 3 rings (SSSR count). The van der Waals surface area contributed by atoms with Crippen molar-refractivity contribution in [1.82, 2.24) is 9.03 Å². The molecule has 8 heteroatoms. The Bertz CT molecular complexity index is 859. The molecule has 1 heterocycles. The monoisotopic (exact) mass is 430 g/mol. The van der Waals surface area contributed by atoms with Crippen LogP contribution in [0.2, 0.25) is 0 Å². The summed E-state index contributed by atoms with van der Waals surface area (Å²) in [5, 5.41) is 0. The molecule has 0 spiro atoms. The summed E-state index contributed by atoms with van der Waals surface area (Å²) in [4.78, 5) is 0. The van der Waals surface area contributed by atoms with Crippen LogP contribution in [0.4, 0.5) is 8.78 Å². The van der Waals surface area contributed by atoms with E-state index in [2.05, 4.69) is 20.7 Å². The summed E-state index contributed by atoms with van der Waals surface area (Å²) in [5.41, 5.74) is 0.881. The lowest BCUT2D eigenvalue weighted by molar-refractivity contribution is 0.378. The third-order valence-corrected chi connectivity index (χ3v) is 6.29. The highest BCUT2D eigenvalue weighted by Crippen LogP contribution is 2.35. The summed E-state index contributed by atoms with van der Waals surface area (Å²) >= 11 is 3.32. The van der Waals surface area contributed by atoms with Crippen molar-refractivity contribution < 1.29 is 17.2 Å². The van der Waals surface area contributed by atoms with Crippen molar-refractivity contribution in [3.05, 3.63) is 69.7 Å². The number of hydrogen-bond donors (Lipinski definition) is 1. The van der Waals surface area contributed by atoms with Gasteiger partial charge in [-0.3, -0.25) is 0 Å². The molecule has 0 aliphatic carbocycles. The van der Waals surface area contributed by atoms with E-state index in [0.717, 1.165) is 28.2 Å². The fraction of sp³-hybridized carbons (Fsp3) is 0.294. The first kappa shape index (κ1) is 18.4. The molecule has 1 saturated heterocycles. The first-order valence-electron chi connectivity index (χ1n) is 7.82. The van der Waals surface area contributed by atoms with Crippen LogP contribution in [-0.2, 0) is 16.8 Å². The van der Waals surface area contributed by atoms with E-state index in [-0.39, 0.29) is 18.7 Å². The first-order chi connectivity index (χ1) is 11.9. The average Bonchev–Trinajstić information content (AvgIpc) is 3.07. The van der Waals surface area contributed by atoms with Crippen LogP contribution in [0.15, 0.2) is 46.9 Å². The van der Waals surface area contributed by atoms with Gasteiger partial charge in [-0.15, -0.1) is 0 Å². The number of benzene rings is 2. The van der Waals surface area contributed by atoms with E-state index in [9.17, 15) is 17.2 Å². The Kier molecular flexibility index (Phi) is 5.52. The topological polar surface area (TPSA) is 49.4 Å². The Morgan fingerprint density at radius 2 is 1.88 bits per heavy atom. The van der Waals surface area contributed by atoms with E-state index >= 15 is 0 Å². The SMILES string of the molecule is O=S(=O)(NCc1ccc(Br)cc1)N1CCCC1c1cc(F)ccc1F. The molecule has 4 nitrogen and oxygen atoms in total. The number of hydrogen-bond acceptors (Lipinski definition) is 2. The summed E-state index contributed by atoms with van der Waals surface area (Å²) in [6, 6.07) is 9.69. The van der Waals surface area contributed by atoms with Gasteiger partial charge in [0.15, 0.2) is 0 Å². The predicted molar refractivity (Wildman–Crippen MR) is 94.9 cm³/mol. The summed E-state index contributed by atoms with van der Waals surface area (Å²) in [7, 11) is -3.81. The van der Waals surface area contributed by atoms with Gasteiger partial charge in [0.25, 0.3) is 10.2 Å². The van der Waals surface area contributed by atoms with Crippen molar-refractivity contribution in [2.75, 3.05) is 6.54 Å². The van der Waals surface area contributed by atoms with Gasteiger partial charge in [-0.2, -0.15) is 17.4 Å². The van der Waals surface area contributed by atoms with Crippen LogP contribution in [0.3, 0.4) is 0 Å². The standard InChI is InChI=1S/C17H17BrF2N2O2S/c18-13-5-3-12(4-6-13)11-21-25(23,24)22-9-1-2-17(22)15-10-14(19)7-8-16(15)20/h3-8,10,17,21H,1-2,9,11H2. The van der Waals surface area contributed by atoms with Crippen LogP contribution in [-0.4, -0.2) is 19.3 Å². The molecule has 2 aromatic rings. The van der Waals surface area contributed by atoms with Crippen LogP contribution >= 0.6 is 15.9 Å². The molecule has 2 aromatic carbocycles. The van der Waals surface area contributed by atoms with Crippen molar-refractivity contribution in [1.29, 1.82) is 0 Å². The highest BCUT2D eigenvalue weighted by atomic mass is 79.9. The Hall–Kier alpha value is -1.35. The third-order valence-electron chi connectivity index (χ3n) is 4.20. The maximum Gasteiger partial charge on any atom is 0.280 e. The minimum atomic E-state index is -3.81. The molecular weight excluding hydrogens is 414 g/mol. The molecule has 0 aromatic heterocycles. The smallest absolute Gasteiger partial charge is 0.207 e. The Morgan fingerprint density at radius 1 is 1.16 bits per heavy atom. The van der Waals surface area contributed by atoms with Gasteiger partial charge in [0.05, 0.1) is 6.04 Å². The number of rotatable bonds is 5. The second-order valence-electron chi connectivity index (χ2n) is 5.89. The summed E-state index contributed by atoms with van der Waals surface area (Å²) in [6.45, 7) is 0.404. The van der Waals surface area contributed by atoms with Crippen LogP contribution in [0.1, 0.15) is 30.0 Å². The lowest BCUT2D eigenvalue weighted by Gasteiger charge is -2.25. The zero-order chi connectivity index (χ0) is 18.0. The van der Waals surface area contributed by atoms with Gasteiger partial charge in [-0.05, 0) is 48.7 Å². The van der Waals surface area contributed by atoms with Crippen LogP contribution in [0.5, 0.6) is 0 Å². The molecule has 0 radical (unpaired) electrons. The fourth-order valence-electron chi connectivity index (χ4n) is 2.97. The zero-order valence-electron chi connectivity index (χ0n) is 13.3. The average molecular weight is 431 g/mol. The maximum atomic E-state index is 14.1. The highest BCUT2D eigenvalue weighted by Gasteiger charge is 2.36. The van der Waals surface area contributed by atoms with Crippen molar-refractivity contribution in [3.8, 4) is 0 Å². The molecule has 1 N–H and O–H groups in total. The zero-order valence-corrected chi connectivity index (χ0v) is 15.7. The third kappa shape index (κ3) is 4.25. The lowest BCUT2D eigenvalue weighted by atomic mass is 10.0. The van der Waals surface area contributed by atoms with E-state index < -0.39 is 27.9 Å². The predicted octanol–water partition coefficient (Wildman–Crippen LogP) is 3.90. The first-order valence-corrected chi connectivity index (χ1v) is 10.1. The Balaban J connectivity index is 1.78. The van der Waals surface area contributed by atoms with Crippen molar-refractivity contribution in [3.63, 3.8) is 0 Å². The molecule has 1 aliphatic rings. The summed E-state index contributed by atoms with van der Waals surface area (Å²) in [6.07, 6.45) is 1.05. The van der Waals surface area contributed by atoms with Gasteiger partial charge in [-0.1, -0.05) is 28.1 Å². The Labute approximate surface area is 154 Å². The molecule has 1 aliphatic heterocycles. The lowest BCUT2D eigenvalue weighted by Crippen LogP contribution is -2.40. The number of halogens is 3. The molecular formula is C17H17BrF2N2O2S. The van der Waals surface area contributed by atoms with Crippen molar-refractivity contribution >= 4 is 26.1 Å². The van der Waals surface area contributed by atoms with E-state index in [1.54, 1.807) is 12.1 Å². The van der Waals surface area contributed by atoms with E-state index in [1.807, 2.05) is 12.1 Å². The second kappa shape index (κ2) is 7.49.